The molecule has 0 spiro atoms. The van der Waals surface area contributed by atoms with Crippen molar-refractivity contribution in [3.8, 4) is 11.6 Å². The van der Waals surface area contributed by atoms with Crippen LogP contribution in [0.2, 0.25) is 0 Å². The van der Waals surface area contributed by atoms with Gasteiger partial charge in [-0.05, 0) is 56.0 Å². The molecule has 1 aliphatic heterocycles. The number of hydrogen-bond donors (Lipinski definition) is 2. The number of fused-ring (bicyclic) bond motifs is 1. The second kappa shape index (κ2) is 6.87. The number of para-hydroxylation sites is 1. The number of aromatic amines is 1. The molecule has 0 amide bonds. The Bertz CT molecular complexity index is 1060. The highest BCUT2D eigenvalue weighted by molar-refractivity contribution is 5.42. The molecular weight excluding hydrogens is 352 g/mol. The zero-order valence-electron chi connectivity index (χ0n) is 15.6. The average molecular weight is 374 g/mol. The van der Waals surface area contributed by atoms with Gasteiger partial charge in [-0.1, -0.05) is 18.2 Å². The summed E-state index contributed by atoms with van der Waals surface area (Å²) in [6.07, 6.45) is 5.52. The molecule has 1 aliphatic carbocycles. The molecule has 2 N–H and O–H groups in total. The highest BCUT2D eigenvalue weighted by atomic mass is 16.5. The van der Waals surface area contributed by atoms with Crippen molar-refractivity contribution in [2.24, 2.45) is 0 Å². The summed E-state index contributed by atoms with van der Waals surface area (Å²) in [5.41, 5.74) is 2.54. The van der Waals surface area contributed by atoms with Crippen LogP contribution in [0, 0.1) is 0 Å². The molecule has 2 aromatic heterocycles. The van der Waals surface area contributed by atoms with Crippen LogP contribution in [-0.2, 0) is 18.4 Å². The monoisotopic (exact) mass is 374 g/mol. The van der Waals surface area contributed by atoms with Gasteiger partial charge >= 0.3 is 0 Å². The normalized spacial score (nSPS) is 17.4. The van der Waals surface area contributed by atoms with E-state index in [0.29, 0.717) is 12.4 Å². The van der Waals surface area contributed by atoms with Crippen LogP contribution in [0.3, 0.4) is 0 Å². The zero-order valence-corrected chi connectivity index (χ0v) is 15.6. The maximum Gasteiger partial charge on any atom is 0.255 e. The van der Waals surface area contributed by atoms with Gasteiger partial charge in [0, 0.05) is 18.8 Å². The van der Waals surface area contributed by atoms with Gasteiger partial charge in [0.05, 0.1) is 16.7 Å². The first-order valence-electron chi connectivity index (χ1n) is 9.77. The van der Waals surface area contributed by atoms with Crippen LogP contribution in [0.15, 0.2) is 53.5 Å². The molecule has 0 radical (unpaired) electrons. The Kier molecular flexibility index (Phi) is 4.20. The van der Waals surface area contributed by atoms with Gasteiger partial charge in [-0.15, -0.1) is 0 Å². The number of H-pyrrole nitrogens is 1. The van der Waals surface area contributed by atoms with Crippen LogP contribution in [0.4, 0.5) is 0 Å². The van der Waals surface area contributed by atoms with E-state index in [-0.39, 0.29) is 11.0 Å². The third-order valence-electron chi connectivity index (χ3n) is 5.63. The van der Waals surface area contributed by atoms with Crippen molar-refractivity contribution in [2.75, 3.05) is 6.54 Å². The number of rotatable bonds is 4. The fourth-order valence-electron chi connectivity index (χ4n) is 3.91. The average Bonchev–Trinajstić information content (AvgIpc) is 3.54. The summed E-state index contributed by atoms with van der Waals surface area (Å²) in [6, 6.07) is 13.6. The van der Waals surface area contributed by atoms with Gasteiger partial charge < -0.3 is 15.0 Å². The minimum Gasteiger partial charge on any atom is -0.439 e. The van der Waals surface area contributed by atoms with Gasteiger partial charge in [-0.3, -0.25) is 4.79 Å². The van der Waals surface area contributed by atoms with E-state index < -0.39 is 0 Å². The van der Waals surface area contributed by atoms with Gasteiger partial charge in [0.15, 0.2) is 0 Å². The second-order valence-electron chi connectivity index (χ2n) is 7.50. The number of benzene rings is 1. The number of aryl methyl sites for hydroxylation is 1. The van der Waals surface area contributed by atoms with Crippen molar-refractivity contribution in [3.05, 3.63) is 81.7 Å². The van der Waals surface area contributed by atoms with Crippen LogP contribution in [0.25, 0.3) is 0 Å². The molecule has 5 rings (SSSR count). The Morgan fingerprint density at radius 3 is 2.79 bits per heavy atom. The number of hydrogen-bond acceptors (Lipinski definition) is 5. The van der Waals surface area contributed by atoms with Crippen LogP contribution in [0.5, 0.6) is 11.6 Å². The lowest BCUT2D eigenvalue weighted by Gasteiger charge is -2.17. The predicted molar refractivity (Wildman–Crippen MR) is 106 cm³/mol. The van der Waals surface area contributed by atoms with Gasteiger partial charge in [-0.25, -0.2) is 9.97 Å². The number of ether oxygens (including phenoxy) is 1. The number of pyridine rings is 1. The molecule has 2 aliphatic rings. The van der Waals surface area contributed by atoms with Gasteiger partial charge in [0.25, 0.3) is 5.56 Å². The largest absolute Gasteiger partial charge is 0.439 e. The summed E-state index contributed by atoms with van der Waals surface area (Å²) in [6.45, 7) is 1.51. The van der Waals surface area contributed by atoms with E-state index in [9.17, 15) is 4.79 Å². The predicted octanol–water partition coefficient (Wildman–Crippen LogP) is 3.07. The first kappa shape index (κ1) is 17.1. The van der Waals surface area contributed by atoms with E-state index in [4.69, 9.17) is 9.72 Å². The Hall–Kier alpha value is -2.99. The lowest BCUT2D eigenvalue weighted by molar-refractivity contribution is 0.461. The van der Waals surface area contributed by atoms with Crippen molar-refractivity contribution in [2.45, 2.75) is 37.6 Å². The fourth-order valence-corrected chi connectivity index (χ4v) is 3.91. The van der Waals surface area contributed by atoms with E-state index >= 15 is 0 Å². The SMILES string of the molecule is O=c1[nH]c(C2(c3ccnc(Oc4ccccc4)c3)CC2)nc2c1CNCCC2. The Balaban J connectivity index is 1.50. The second-order valence-corrected chi connectivity index (χ2v) is 7.50. The van der Waals surface area contributed by atoms with Crippen molar-refractivity contribution in [3.63, 3.8) is 0 Å². The minimum absolute atomic E-state index is 0.0181. The smallest absolute Gasteiger partial charge is 0.255 e. The first-order chi connectivity index (χ1) is 13.7. The Morgan fingerprint density at radius 2 is 1.96 bits per heavy atom. The number of nitrogens with one attached hydrogen (secondary N) is 2. The zero-order chi connectivity index (χ0) is 19.0. The third kappa shape index (κ3) is 3.10. The third-order valence-corrected chi connectivity index (χ3v) is 5.63. The van der Waals surface area contributed by atoms with E-state index in [1.54, 1.807) is 6.20 Å². The van der Waals surface area contributed by atoms with Gasteiger partial charge in [-0.2, -0.15) is 0 Å². The molecule has 1 fully saturated rings. The molecule has 0 unspecified atom stereocenters. The topological polar surface area (TPSA) is 79.9 Å². The molecule has 28 heavy (non-hydrogen) atoms. The standard InChI is InChI=1S/C22H22N4O2/c27-20-17-14-23-11-4-7-18(17)25-21(26-20)22(9-10-22)15-8-12-24-19(13-15)28-16-5-2-1-3-6-16/h1-3,5-6,8,12-13,23H,4,7,9-11,14H2,(H,25,26,27). The van der Waals surface area contributed by atoms with E-state index in [2.05, 4.69) is 15.3 Å². The first-order valence-corrected chi connectivity index (χ1v) is 9.77. The molecular formula is C22H22N4O2. The summed E-state index contributed by atoms with van der Waals surface area (Å²) >= 11 is 0. The van der Waals surface area contributed by atoms with E-state index in [1.807, 2.05) is 42.5 Å². The molecule has 0 saturated heterocycles. The quantitative estimate of drug-likeness (QED) is 0.734. The fraction of sp³-hybridized carbons (Fsp3) is 0.318. The highest BCUT2D eigenvalue weighted by Crippen LogP contribution is 2.52. The molecule has 0 atom stereocenters. The van der Waals surface area contributed by atoms with Crippen molar-refractivity contribution < 1.29 is 4.74 Å². The maximum absolute atomic E-state index is 12.7. The van der Waals surface area contributed by atoms with Crippen molar-refractivity contribution in [1.82, 2.24) is 20.3 Å². The van der Waals surface area contributed by atoms with Crippen molar-refractivity contribution in [1.29, 1.82) is 0 Å². The highest BCUT2D eigenvalue weighted by Gasteiger charge is 2.49. The van der Waals surface area contributed by atoms with E-state index in [1.165, 1.54) is 0 Å². The summed E-state index contributed by atoms with van der Waals surface area (Å²) in [5.74, 6) is 2.08. The molecule has 142 valence electrons. The molecule has 3 aromatic rings. The van der Waals surface area contributed by atoms with Crippen LogP contribution < -0.4 is 15.6 Å². The molecule has 3 heterocycles. The maximum atomic E-state index is 12.7. The molecule has 1 aromatic carbocycles. The van der Waals surface area contributed by atoms with E-state index in [0.717, 1.165) is 60.6 Å². The molecule has 0 bridgehead atoms. The van der Waals surface area contributed by atoms with Crippen LogP contribution >= 0.6 is 0 Å². The Labute approximate surface area is 163 Å². The lowest BCUT2D eigenvalue weighted by atomic mass is 9.95. The minimum atomic E-state index is -0.244. The van der Waals surface area contributed by atoms with Crippen LogP contribution in [0.1, 0.15) is 41.9 Å². The van der Waals surface area contributed by atoms with Gasteiger partial charge in [0.1, 0.15) is 11.6 Å². The lowest BCUT2D eigenvalue weighted by Crippen LogP contribution is -2.26. The Morgan fingerprint density at radius 1 is 1.11 bits per heavy atom. The van der Waals surface area contributed by atoms with Crippen LogP contribution in [-0.4, -0.2) is 21.5 Å². The summed E-state index contributed by atoms with van der Waals surface area (Å²) in [5, 5.41) is 3.30. The number of aromatic nitrogens is 3. The molecule has 6 nitrogen and oxygen atoms in total. The molecule has 6 heteroatoms. The summed E-state index contributed by atoms with van der Waals surface area (Å²) in [7, 11) is 0. The van der Waals surface area contributed by atoms with Gasteiger partial charge in [0.2, 0.25) is 5.88 Å². The molecule has 1 saturated carbocycles. The van der Waals surface area contributed by atoms with Crippen molar-refractivity contribution >= 4 is 0 Å². The number of nitrogens with zero attached hydrogens (tertiary/aromatic N) is 2. The summed E-state index contributed by atoms with van der Waals surface area (Å²) in [4.78, 5) is 25.0. The summed E-state index contributed by atoms with van der Waals surface area (Å²) < 4.78 is 5.90.